The van der Waals surface area contributed by atoms with E-state index >= 15 is 0 Å². The molecule has 0 spiro atoms. The molecule has 1 amide bonds. The zero-order valence-corrected chi connectivity index (χ0v) is 14.5. The highest BCUT2D eigenvalue weighted by atomic mass is 35.5. The molecule has 0 saturated carbocycles. The monoisotopic (exact) mass is 366 g/mol. The van der Waals surface area contributed by atoms with Gasteiger partial charge in [-0.3, -0.25) is 4.79 Å². The molecule has 1 saturated heterocycles. The van der Waals surface area contributed by atoms with E-state index < -0.39 is 18.0 Å². The van der Waals surface area contributed by atoms with Gasteiger partial charge >= 0.3 is 6.36 Å². The minimum absolute atomic E-state index is 0. The molecule has 1 N–H and O–H groups in total. The smallest absolute Gasteiger partial charge is 0.405 e. The maximum Gasteiger partial charge on any atom is 0.573 e. The zero-order valence-electron chi connectivity index (χ0n) is 13.7. The normalized spacial score (nSPS) is 15.5. The van der Waals surface area contributed by atoms with E-state index in [9.17, 15) is 18.0 Å². The van der Waals surface area contributed by atoms with Crippen LogP contribution in [0.15, 0.2) is 18.2 Å². The van der Waals surface area contributed by atoms with Gasteiger partial charge in [-0.15, -0.1) is 25.6 Å². The zero-order chi connectivity index (χ0) is 17.0. The molecule has 0 aliphatic carbocycles. The third kappa shape index (κ3) is 5.27. The number of hydrogen-bond acceptors (Lipinski definition) is 3. The Bertz CT molecular complexity index is 561. The van der Waals surface area contributed by atoms with E-state index in [-0.39, 0.29) is 23.9 Å². The first-order valence-electron chi connectivity index (χ1n) is 7.67. The van der Waals surface area contributed by atoms with Crippen molar-refractivity contribution in [2.75, 3.05) is 26.7 Å². The van der Waals surface area contributed by atoms with Crippen LogP contribution in [0.3, 0.4) is 0 Å². The lowest BCUT2D eigenvalue weighted by molar-refractivity contribution is -0.274. The molecule has 8 heteroatoms. The number of ether oxygens (including phenoxy) is 1. The lowest BCUT2D eigenvalue weighted by atomic mass is 9.89. The van der Waals surface area contributed by atoms with Gasteiger partial charge in [-0.1, -0.05) is 6.07 Å². The maximum atomic E-state index is 12.7. The minimum atomic E-state index is -4.83. The third-order valence-corrected chi connectivity index (χ3v) is 4.09. The predicted molar refractivity (Wildman–Crippen MR) is 87.9 cm³/mol. The molecular weight excluding hydrogens is 345 g/mol. The first-order chi connectivity index (χ1) is 10.8. The van der Waals surface area contributed by atoms with Crippen LogP contribution in [0.4, 0.5) is 13.2 Å². The second kappa shape index (κ2) is 8.58. The Hall–Kier alpha value is -1.47. The topological polar surface area (TPSA) is 41.6 Å². The van der Waals surface area contributed by atoms with Crippen molar-refractivity contribution in [1.29, 1.82) is 0 Å². The van der Waals surface area contributed by atoms with Crippen molar-refractivity contribution in [3.8, 4) is 5.75 Å². The standard InChI is InChI=1S/C16H21F3N2O2.ClH/c1-3-21(2)15(22)13-5-4-12(11-6-8-20-9-7-11)10-14(13)23-16(17,18)19;/h4-5,10-11,20H,3,6-9H2,1-2H3;1H. The molecule has 2 rings (SSSR count). The summed E-state index contributed by atoms with van der Waals surface area (Å²) in [6, 6.07) is 4.53. The average molecular weight is 367 g/mol. The molecule has 1 heterocycles. The molecule has 1 fully saturated rings. The van der Waals surface area contributed by atoms with Gasteiger partial charge in [0.2, 0.25) is 0 Å². The van der Waals surface area contributed by atoms with Crippen molar-refractivity contribution in [2.45, 2.75) is 32.0 Å². The Morgan fingerprint density at radius 3 is 2.50 bits per heavy atom. The molecule has 1 aromatic carbocycles. The SMILES string of the molecule is CCN(C)C(=O)c1ccc(C2CCNCC2)cc1OC(F)(F)F.Cl. The second-order valence-corrected chi connectivity index (χ2v) is 5.65. The van der Waals surface area contributed by atoms with E-state index in [1.807, 2.05) is 0 Å². The van der Waals surface area contributed by atoms with Gasteiger partial charge in [0.25, 0.3) is 5.91 Å². The number of benzene rings is 1. The summed E-state index contributed by atoms with van der Waals surface area (Å²) in [7, 11) is 1.54. The number of alkyl halides is 3. The van der Waals surface area contributed by atoms with Crippen molar-refractivity contribution >= 4 is 18.3 Å². The summed E-state index contributed by atoms with van der Waals surface area (Å²) in [6.45, 7) is 3.82. The molecular formula is C16H22ClF3N2O2. The minimum Gasteiger partial charge on any atom is -0.405 e. The highest BCUT2D eigenvalue weighted by Crippen LogP contribution is 2.33. The van der Waals surface area contributed by atoms with Crippen LogP contribution in [0, 0.1) is 0 Å². The Kier molecular flexibility index (Phi) is 7.35. The summed E-state index contributed by atoms with van der Waals surface area (Å²) < 4.78 is 42.2. The van der Waals surface area contributed by atoms with E-state index in [4.69, 9.17) is 0 Å². The van der Waals surface area contributed by atoms with E-state index in [0.717, 1.165) is 31.5 Å². The highest BCUT2D eigenvalue weighted by molar-refractivity contribution is 5.96. The summed E-state index contributed by atoms with van der Waals surface area (Å²) >= 11 is 0. The van der Waals surface area contributed by atoms with Gasteiger partial charge in [0, 0.05) is 13.6 Å². The summed E-state index contributed by atoms with van der Waals surface area (Å²) in [6.07, 6.45) is -3.12. The van der Waals surface area contributed by atoms with E-state index in [0.29, 0.717) is 6.54 Å². The second-order valence-electron chi connectivity index (χ2n) is 5.65. The van der Waals surface area contributed by atoms with Crippen molar-refractivity contribution in [1.82, 2.24) is 10.2 Å². The molecule has 0 bridgehead atoms. The molecule has 24 heavy (non-hydrogen) atoms. The molecule has 4 nitrogen and oxygen atoms in total. The highest BCUT2D eigenvalue weighted by Gasteiger charge is 2.33. The molecule has 136 valence electrons. The van der Waals surface area contributed by atoms with E-state index in [2.05, 4.69) is 10.1 Å². The molecule has 0 radical (unpaired) electrons. The fourth-order valence-corrected chi connectivity index (χ4v) is 2.68. The number of nitrogens with zero attached hydrogens (tertiary/aromatic N) is 1. The first kappa shape index (κ1) is 20.6. The van der Waals surface area contributed by atoms with E-state index in [1.54, 1.807) is 20.0 Å². The summed E-state index contributed by atoms with van der Waals surface area (Å²) in [5.41, 5.74) is 0.714. The largest absolute Gasteiger partial charge is 0.573 e. The average Bonchev–Trinajstić information content (AvgIpc) is 2.52. The fraction of sp³-hybridized carbons (Fsp3) is 0.562. The van der Waals surface area contributed by atoms with Gasteiger partial charge in [-0.25, -0.2) is 0 Å². The third-order valence-electron chi connectivity index (χ3n) is 4.09. The number of amides is 1. The van der Waals surface area contributed by atoms with Crippen molar-refractivity contribution < 1.29 is 22.7 Å². The molecule has 1 aliphatic heterocycles. The fourth-order valence-electron chi connectivity index (χ4n) is 2.68. The van der Waals surface area contributed by atoms with Crippen LogP contribution in [0.5, 0.6) is 5.75 Å². The van der Waals surface area contributed by atoms with Gasteiger partial charge in [-0.05, 0) is 56.5 Å². The lowest BCUT2D eigenvalue weighted by Gasteiger charge is -2.24. The molecule has 0 atom stereocenters. The van der Waals surface area contributed by atoms with Crippen LogP contribution < -0.4 is 10.1 Å². The van der Waals surface area contributed by atoms with Gasteiger partial charge in [0.15, 0.2) is 0 Å². The van der Waals surface area contributed by atoms with Gasteiger partial charge in [-0.2, -0.15) is 0 Å². The summed E-state index contributed by atoms with van der Waals surface area (Å²) in [4.78, 5) is 13.6. The molecule has 0 aromatic heterocycles. The molecule has 1 aromatic rings. The number of carbonyl (C=O) groups is 1. The first-order valence-corrected chi connectivity index (χ1v) is 7.67. The number of piperidine rings is 1. The van der Waals surface area contributed by atoms with E-state index in [1.165, 1.54) is 17.0 Å². The summed E-state index contributed by atoms with van der Waals surface area (Å²) in [5, 5.41) is 3.22. The Morgan fingerprint density at radius 2 is 1.96 bits per heavy atom. The Labute approximate surface area is 145 Å². The number of hydrogen-bond donors (Lipinski definition) is 1. The molecule has 1 aliphatic rings. The van der Waals surface area contributed by atoms with Crippen LogP contribution >= 0.6 is 12.4 Å². The Balaban J connectivity index is 0.00000288. The maximum absolute atomic E-state index is 12.7. The van der Waals surface area contributed by atoms with Crippen LogP contribution in [0.1, 0.15) is 41.6 Å². The Morgan fingerprint density at radius 1 is 1.33 bits per heavy atom. The quantitative estimate of drug-likeness (QED) is 0.885. The lowest BCUT2D eigenvalue weighted by Crippen LogP contribution is -2.29. The van der Waals surface area contributed by atoms with Crippen molar-refractivity contribution in [2.24, 2.45) is 0 Å². The van der Waals surface area contributed by atoms with Crippen molar-refractivity contribution in [3.63, 3.8) is 0 Å². The van der Waals surface area contributed by atoms with Crippen LogP contribution in [-0.2, 0) is 0 Å². The predicted octanol–water partition coefficient (Wildman–Crippen LogP) is 3.57. The van der Waals surface area contributed by atoms with Crippen molar-refractivity contribution in [3.05, 3.63) is 29.3 Å². The van der Waals surface area contributed by atoms with Gasteiger partial charge in [0.05, 0.1) is 5.56 Å². The van der Waals surface area contributed by atoms with Gasteiger partial charge in [0.1, 0.15) is 5.75 Å². The number of rotatable bonds is 4. The number of halogens is 4. The van der Waals surface area contributed by atoms with Crippen LogP contribution in [0.2, 0.25) is 0 Å². The summed E-state index contributed by atoms with van der Waals surface area (Å²) in [5.74, 6) is -0.720. The van der Waals surface area contributed by atoms with Gasteiger partial charge < -0.3 is 15.0 Å². The number of carbonyl (C=O) groups excluding carboxylic acids is 1. The molecule has 0 unspecified atom stereocenters. The number of nitrogens with one attached hydrogen (secondary N) is 1. The van der Waals surface area contributed by atoms with Crippen LogP contribution in [0.25, 0.3) is 0 Å². The van der Waals surface area contributed by atoms with Crippen LogP contribution in [-0.4, -0.2) is 43.9 Å².